The van der Waals surface area contributed by atoms with E-state index in [0.29, 0.717) is 18.0 Å². The number of ether oxygens (including phenoxy) is 1. The predicted octanol–water partition coefficient (Wildman–Crippen LogP) is 1.36. The van der Waals surface area contributed by atoms with Gasteiger partial charge in [0.2, 0.25) is 0 Å². The van der Waals surface area contributed by atoms with Crippen LogP contribution >= 0.6 is 0 Å². The second-order valence-electron chi connectivity index (χ2n) is 4.86. The fourth-order valence-corrected chi connectivity index (χ4v) is 2.34. The first kappa shape index (κ1) is 10.8. The van der Waals surface area contributed by atoms with Gasteiger partial charge in [0.1, 0.15) is 7.85 Å². The lowest BCUT2D eigenvalue weighted by molar-refractivity contribution is -0.0568. The third-order valence-electron chi connectivity index (χ3n) is 3.08. The summed E-state index contributed by atoms with van der Waals surface area (Å²) in [5.41, 5.74) is 1.38. The monoisotopic (exact) mass is 205 g/mol. The normalized spacial score (nSPS) is 36.5. The van der Waals surface area contributed by atoms with Crippen molar-refractivity contribution in [1.29, 1.82) is 0 Å². The molecule has 1 unspecified atom stereocenters. The highest BCUT2D eigenvalue weighted by Crippen LogP contribution is 2.23. The molecule has 0 radical (unpaired) electrons. The Labute approximate surface area is 93.4 Å². The number of nitrogens with zero attached hydrogens (tertiary/aromatic N) is 1. The minimum Gasteiger partial charge on any atom is -0.372 e. The Balaban J connectivity index is 2.01. The van der Waals surface area contributed by atoms with E-state index in [1.165, 1.54) is 12.1 Å². The topological polar surface area (TPSA) is 12.5 Å². The molecule has 0 N–H and O–H groups in total. The molecule has 15 heavy (non-hydrogen) atoms. The molecule has 1 fully saturated rings. The van der Waals surface area contributed by atoms with Crippen molar-refractivity contribution < 1.29 is 4.74 Å². The van der Waals surface area contributed by atoms with Crippen molar-refractivity contribution in [1.82, 2.24) is 4.90 Å². The summed E-state index contributed by atoms with van der Waals surface area (Å²) in [5.74, 6) is 0.699. The van der Waals surface area contributed by atoms with Crippen molar-refractivity contribution in [3.05, 3.63) is 23.9 Å². The van der Waals surface area contributed by atoms with E-state index in [0.717, 1.165) is 13.1 Å². The van der Waals surface area contributed by atoms with Crippen LogP contribution in [0, 0.1) is 0 Å². The summed E-state index contributed by atoms with van der Waals surface area (Å²) in [5, 5.41) is 0. The highest BCUT2D eigenvalue weighted by atomic mass is 16.5. The standard InChI is InChI=1S/C12H20BNO/c1-9-7-14(8-10(2)15-9)12-5-3-11(13)4-6-12/h3,5-6,9-11H,4,7-8,13H2,1-2H3/t9-,10+,11?. The molecule has 2 rings (SSSR count). The molecule has 1 saturated heterocycles. The van der Waals surface area contributed by atoms with Gasteiger partial charge in [-0.15, -0.1) is 0 Å². The summed E-state index contributed by atoms with van der Waals surface area (Å²) >= 11 is 0. The number of morpholine rings is 1. The SMILES string of the molecule is BC1C=CC(N2C[C@@H](C)O[C@@H](C)C2)=CC1. The van der Waals surface area contributed by atoms with Crippen LogP contribution in [0.15, 0.2) is 23.9 Å². The fourth-order valence-electron chi connectivity index (χ4n) is 2.34. The smallest absolute Gasteiger partial charge is 0.110 e. The van der Waals surface area contributed by atoms with Crippen LogP contribution in [-0.4, -0.2) is 38.0 Å². The first-order valence-electron chi connectivity index (χ1n) is 5.94. The van der Waals surface area contributed by atoms with Crippen LogP contribution in [0.2, 0.25) is 5.82 Å². The summed E-state index contributed by atoms with van der Waals surface area (Å²) in [4.78, 5) is 2.45. The van der Waals surface area contributed by atoms with Crippen LogP contribution < -0.4 is 0 Å². The van der Waals surface area contributed by atoms with E-state index in [1.54, 1.807) is 0 Å². The highest BCUT2D eigenvalue weighted by molar-refractivity contribution is 6.13. The zero-order valence-corrected chi connectivity index (χ0v) is 9.94. The molecule has 0 spiro atoms. The summed E-state index contributed by atoms with van der Waals surface area (Å²) in [6.07, 6.45) is 8.80. The Hall–Kier alpha value is -0.695. The summed E-state index contributed by atoms with van der Waals surface area (Å²) in [6, 6.07) is 0. The molecule has 2 nitrogen and oxygen atoms in total. The van der Waals surface area contributed by atoms with Gasteiger partial charge in [-0.1, -0.05) is 12.2 Å². The molecule has 3 atom stereocenters. The van der Waals surface area contributed by atoms with Gasteiger partial charge in [-0.3, -0.25) is 0 Å². The van der Waals surface area contributed by atoms with E-state index in [1.807, 2.05) is 0 Å². The predicted molar refractivity (Wildman–Crippen MR) is 65.7 cm³/mol. The third-order valence-corrected chi connectivity index (χ3v) is 3.08. The van der Waals surface area contributed by atoms with Gasteiger partial charge in [-0.05, 0) is 32.2 Å². The molecule has 1 aliphatic carbocycles. The summed E-state index contributed by atoms with van der Waals surface area (Å²) < 4.78 is 5.74. The fraction of sp³-hybridized carbons (Fsp3) is 0.667. The van der Waals surface area contributed by atoms with Gasteiger partial charge in [0.05, 0.1) is 12.2 Å². The van der Waals surface area contributed by atoms with E-state index < -0.39 is 0 Å². The van der Waals surface area contributed by atoms with E-state index in [-0.39, 0.29) is 0 Å². The highest BCUT2D eigenvalue weighted by Gasteiger charge is 2.23. The first-order chi connectivity index (χ1) is 7.15. The van der Waals surface area contributed by atoms with Crippen molar-refractivity contribution in [3.8, 4) is 0 Å². The van der Waals surface area contributed by atoms with Crippen LogP contribution in [-0.2, 0) is 4.74 Å². The molecule has 0 aromatic heterocycles. The third kappa shape index (κ3) is 2.66. The molecular weight excluding hydrogens is 185 g/mol. The minimum atomic E-state index is 0.349. The number of hydrogen-bond donors (Lipinski definition) is 0. The van der Waals surface area contributed by atoms with E-state index in [2.05, 4.69) is 44.8 Å². The number of rotatable bonds is 1. The molecule has 0 aromatic rings. The average molecular weight is 205 g/mol. The molecule has 0 amide bonds. The molecule has 0 aromatic carbocycles. The Kier molecular flexibility index (Phi) is 3.20. The molecule has 1 aliphatic heterocycles. The molecule has 1 heterocycles. The van der Waals surface area contributed by atoms with Crippen LogP contribution in [0.5, 0.6) is 0 Å². The van der Waals surface area contributed by atoms with Crippen molar-refractivity contribution >= 4 is 7.85 Å². The molecular formula is C12H20BNO. The molecule has 82 valence electrons. The largest absolute Gasteiger partial charge is 0.372 e. The van der Waals surface area contributed by atoms with Crippen LogP contribution in [0.4, 0.5) is 0 Å². The number of allylic oxidation sites excluding steroid dienone is 3. The second-order valence-corrected chi connectivity index (χ2v) is 4.86. The van der Waals surface area contributed by atoms with Gasteiger partial charge < -0.3 is 9.64 Å². The summed E-state index contributed by atoms with van der Waals surface area (Å²) in [7, 11) is 2.26. The van der Waals surface area contributed by atoms with Gasteiger partial charge in [0.25, 0.3) is 0 Å². The van der Waals surface area contributed by atoms with Crippen molar-refractivity contribution in [2.45, 2.75) is 38.3 Å². The lowest BCUT2D eigenvalue weighted by Gasteiger charge is -2.38. The summed E-state index contributed by atoms with van der Waals surface area (Å²) in [6.45, 7) is 6.35. The second kappa shape index (κ2) is 4.44. The van der Waals surface area contributed by atoms with Crippen molar-refractivity contribution in [2.75, 3.05) is 13.1 Å². The molecule has 0 saturated carbocycles. The van der Waals surface area contributed by atoms with Crippen LogP contribution in [0.3, 0.4) is 0 Å². The Bertz CT molecular complexity index is 277. The zero-order valence-electron chi connectivity index (χ0n) is 9.94. The Morgan fingerprint density at radius 2 is 2.00 bits per heavy atom. The zero-order chi connectivity index (χ0) is 10.8. The Morgan fingerprint density at radius 1 is 1.33 bits per heavy atom. The van der Waals surface area contributed by atoms with Crippen LogP contribution in [0.1, 0.15) is 20.3 Å². The molecule has 2 aliphatic rings. The van der Waals surface area contributed by atoms with Crippen molar-refractivity contribution in [2.24, 2.45) is 0 Å². The van der Waals surface area contributed by atoms with E-state index >= 15 is 0 Å². The maximum atomic E-state index is 5.74. The van der Waals surface area contributed by atoms with Gasteiger partial charge >= 0.3 is 0 Å². The lowest BCUT2D eigenvalue weighted by Crippen LogP contribution is -2.44. The quantitative estimate of drug-likeness (QED) is 0.599. The lowest BCUT2D eigenvalue weighted by atomic mass is 9.81. The maximum Gasteiger partial charge on any atom is 0.110 e. The first-order valence-corrected chi connectivity index (χ1v) is 5.94. The van der Waals surface area contributed by atoms with Gasteiger partial charge in [-0.25, -0.2) is 0 Å². The maximum absolute atomic E-state index is 5.74. The molecule has 0 bridgehead atoms. The van der Waals surface area contributed by atoms with E-state index in [9.17, 15) is 0 Å². The van der Waals surface area contributed by atoms with Crippen molar-refractivity contribution in [3.63, 3.8) is 0 Å². The minimum absolute atomic E-state index is 0.349. The molecule has 3 heteroatoms. The average Bonchev–Trinajstić information content (AvgIpc) is 2.17. The van der Waals surface area contributed by atoms with Gasteiger partial charge in [0, 0.05) is 18.8 Å². The number of hydrogen-bond acceptors (Lipinski definition) is 2. The van der Waals surface area contributed by atoms with Crippen LogP contribution in [0.25, 0.3) is 0 Å². The van der Waals surface area contributed by atoms with Gasteiger partial charge in [0.15, 0.2) is 0 Å². The Morgan fingerprint density at radius 3 is 2.53 bits per heavy atom. The van der Waals surface area contributed by atoms with Gasteiger partial charge in [-0.2, -0.15) is 0 Å². The van der Waals surface area contributed by atoms with E-state index in [4.69, 9.17) is 4.74 Å².